The minimum Gasteiger partial charge on any atom is -0.339 e. The van der Waals surface area contributed by atoms with Crippen LogP contribution in [0.15, 0.2) is 35.4 Å². The van der Waals surface area contributed by atoms with Crippen molar-refractivity contribution in [3.05, 3.63) is 40.9 Å². The number of carbonyl (C=O) groups is 3. The quantitative estimate of drug-likeness (QED) is 0.775. The van der Waals surface area contributed by atoms with Crippen LogP contribution in [0, 0.1) is 11.8 Å². The number of anilines is 1. The molecule has 2 atom stereocenters. The van der Waals surface area contributed by atoms with E-state index in [0.29, 0.717) is 42.2 Å². The highest BCUT2D eigenvalue weighted by Crippen LogP contribution is 2.40. The second kappa shape index (κ2) is 7.00. The molecule has 3 amide bonds. The third-order valence-electron chi connectivity index (χ3n) is 4.99. The first-order valence-electron chi connectivity index (χ1n) is 8.59. The molecule has 0 radical (unpaired) electrons. The van der Waals surface area contributed by atoms with Crippen LogP contribution >= 0.6 is 11.6 Å². The predicted octanol–water partition coefficient (Wildman–Crippen LogP) is 3.19. The number of rotatable bonds is 4. The summed E-state index contributed by atoms with van der Waals surface area (Å²) in [4.78, 5) is 40.6. The number of halogens is 1. The summed E-state index contributed by atoms with van der Waals surface area (Å²) < 4.78 is 0. The molecule has 1 fully saturated rings. The summed E-state index contributed by atoms with van der Waals surface area (Å²) in [5.74, 6) is -1.14. The Hall–Kier alpha value is -2.14. The maximum absolute atomic E-state index is 12.7. The van der Waals surface area contributed by atoms with E-state index in [2.05, 4.69) is 0 Å². The van der Waals surface area contributed by atoms with E-state index in [-0.39, 0.29) is 29.6 Å². The van der Waals surface area contributed by atoms with E-state index in [4.69, 9.17) is 11.6 Å². The second-order valence-corrected chi connectivity index (χ2v) is 6.83. The zero-order valence-electron chi connectivity index (χ0n) is 14.4. The maximum Gasteiger partial charge on any atom is 0.253 e. The van der Waals surface area contributed by atoms with Crippen molar-refractivity contribution < 1.29 is 14.4 Å². The molecule has 132 valence electrons. The number of hydrogen-bond donors (Lipinski definition) is 0. The van der Waals surface area contributed by atoms with E-state index in [1.165, 1.54) is 4.90 Å². The summed E-state index contributed by atoms with van der Waals surface area (Å²) >= 11 is 6.04. The smallest absolute Gasteiger partial charge is 0.253 e. The molecule has 1 aromatic carbocycles. The van der Waals surface area contributed by atoms with Crippen molar-refractivity contribution in [2.75, 3.05) is 18.0 Å². The minimum absolute atomic E-state index is 0.0553. The van der Waals surface area contributed by atoms with Crippen LogP contribution in [-0.4, -0.2) is 35.7 Å². The molecule has 1 saturated heterocycles. The van der Waals surface area contributed by atoms with Crippen LogP contribution in [0.3, 0.4) is 0 Å². The molecule has 1 aromatic rings. The molecule has 6 heteroatoms. The Morgan fingerprint density at radius 2 is 1.72 bits per heavy atom. The Labute approximate surface area is 152 Å². The Morgan fingerprint density at radius 1 is 1.12 bits per heavy atom. The van der Waals surface area contributed by atoms with Crippen molar-refractivity contribution in [1.29, 1.82) is 0 Å². The van der Waals surface area contributed by atoms with Gasteiger partial charge in [0.15, 0.2) is 0 Å². The number of carbonyl (C=O) groups excluding carboxylic acids is 3. The number of fused-ring (bicyclic) bond motifs is 1. The number of imide groups is 1. The van der Waals surface area contributed by atoms with Crippen LogP contribution < -0.4 is 4.90 Å². The van der Waals surface area contributed by atoms with E-state index >= 15 is 0 Å². The molecule has 1 aliphatic heterocycles. The molecular weight excluding hydrogens is 340 g/mol. The standard InChI is InChI=1S/C19H21ClN2O3/c1-3-21(4-2)17(23)12-5-8-14(9-6-12)22-18(24)15-10-7-13(20)11-16(15)19(22)25/h5-9,15-16H,3-4,10-11H2,1-2H3/t15-,16-/m0/s1. The fraction of sp³-hybridized carbons (Fsp3) is 0.421. The molecule has 1 heterocycles. The van der Waals surface area contributed by atoms with Gasteiger partial charge in [-0.1, -0.05) is 17.7 Å². The topological polar surface area (TPSA) is 57.7 Å². The number of nitrogens with zero attached hydrogens (tertiary/aromatic N) is 2. The van der Waals surface area contributed by atoms with Gasteiger partial charge in [-0.15, -0.1) is 0 Å². The summed E-state index contributed by atoms with van der Waals surface area (Å²) in [5.41, 5.74) is 1.06. The molecule has 1 aliphatic carbocycles. The zero-order valence-corrected chi connectivity index (χ0v) is 15.1. The van der Waals surface area contributed by atoms with Crippen molar-refractivity contribution in [1.82, 2.24) is 4.90 Å². The molecular formula is C19H21ClN2O3. The van der Waals surface area contributed by atoms with Crippen LogP contribution in [0.4, 0.5) is 5.69 Å². The van der Waals surface area contributed by atoms with E-state index in [9.17, 15) is 14.4 Å². The van der Waals surface area contributed by atoms with E-state index < -0.39 is 0 Å². The number of benzene rings is 1. The van der Waals surface area contributed by atoms with Gasteiger partial charge in [-0.3, -0.25) is 19.3 Å². The van der Waals surface area contributed by atoms with Crippen molar-refractivity contribution in [2.24, 2.45) is 11.8 Å². The number of allylic oxidation sites excluding steroid dienone is 2. The first-order valence-corrected chi connectivity index (χ1v) is 8.97. The minimum atomic E-state index is -0.373. The average Bonchev–Trinajstić information content (AvgIpc) is 2.86. The number of hydrogen-bond acceptors (Lipinski definition) is 3. The molecule has 0 aromatic heterocycles. The summed E-state index contributed by atoms with van der Waals surface area (Å²) in [6.45, 7) is 5.13. The molecule has 25 heavy (non-hydrogen) atoms. The van der Waals surface area contributed by atoms with E-state index in [1.54, 1.807) is 29.2 Å². The average molecular weight is 361 g/mol. The molecule has 2 aliphatic rings. The van der Waals surface area contributed by atoms with Crippen molar-refractivity contribution in [2.45, 2.75) is 26.7 Å². The van der Waals surface area contributed by atoms with Gasteiger partial charge in [0.2, 0.25) is 11.8 Å². The van der Waals surface area contributed by atoms with Gasteiger partial charge in [0.05, 0.1) is 17.5 Å². The normalized spacial score (nSPS) is 22.7. The molecule has 0 bridgehead atoms. The Kier molecular flexibility index (Phi) is 4.95. The lowest BCUT2D eigenvalue weighted by atomic mass is 9.85. The highest BCUT2D eigenvalue weighted by atomic mass is 35.5. The van der Waals surface area contributed by atoms with Crippen LogP contribution in [0.5, 0.6) is 0 Å². The lowest BCUT2D eigenvalue weighted by Crippen LogP contribution is -2.32. The molecule has 0 N–H and O–H groups in total. The summed E-state index contributed by atoms with van der Waals surface area (Å²) in [5, 5.41) is 0.643. The monoisotopic (exact) mass is 360 g/mol. The maximum atomic E-state index is 12.7. The van der Waals surface area contributed by atoms with Gasteiger partial charge in [0.25, 0.3) is 5.91 Å². The Morgan fingerprint density at radius 3 is 2.32 bits per heavy atom. The largest absolute Gasteiger partial charge is 0.339 e. The zero-order chi connectivity index (χ0) is 18.1. The summed E-state index contributed by atoms with van der Waals surface area (Å²) in [6.07, 6.45) is 2.75. The molecule has 0 spiro atoms. The summed E-state index contributed by atoms with van der Waals surface area (Å²) in [6, 6.07) is 6.67. The fourth-order valence-electron chi connectivity index (χ4n) is 3.53. The van der Waals surface area contributed by atoms with Gasteiger partial charge in [-0.2, -0.15) is 0 Å². The van der Waals surface area contributed by atoms with Crippen LogP contribution in [0.25, 0.3) is 0 Å². The van der Waals surface area contributed by atoms with Gasteiger partial charge < -0.3 is 4.90 Å². The highest BCUT2D eigenvalue weighted by molar-refractivity contribution is 6.30. The van der Waals surface area contributed by atoms with Gasteiger partial charge in [-0.05, 0) is 51.0 Å². The molecule has 0 unspecified atom stereocenters. The van der Waals surface area contributed by atoms with Crippen molar-refractivity contribution in [3.8, 4) is 0 Å². The first kappa shape index (κ1) is 17.7. The van der Waals surface area contributed by atoms with Crippen LogP contribution in [-0.2, 0) is 9.59 Å². The Balaban J connectivity index is 1.82. The summed E-state index contributed by atoms with van der Waals surface area (Å²) in [7, 11) is 0. The van der Waals surface area contributed by atoms with Gasteiger partial charge in [0, 0.05) is 23.7 Å². The van der Waals surface area contributed by atoms with E-state index in [1.807, 2.05) is 19.9 Å². The van der Waals surface area contributed by atoms with Crippen LogP contribution in [0.1, 0.15) is 37.0 Å². The predicted molar refractivity (Wildman–Crippen MR) is 96.3 cm³/mol. The number of amides is 3. The van der Waals surface area contributed by atoms with Gasteiger partial charge >= 0.3 is 0 Å². The molecule has 0 saturated carbocycles. The second-order valence-electron chi connectivity index (χ2n) is 6.34. The van der Waals surface area contributed by atoms with Gasteiger partial charge in [0.1, 0.15) is 0 Å². The SMILES string of the molecule is CCN(CC)C(=O)c1ccc(N2C(=O)[C@H]3CC=C(Cl)C[C@@H]3C2=O)cc1. The lowest BCUT2D eigenvalue weighted by molar-refractivity contribution is -0.122. The molecule has 5 nitrogen and oxygen atoms in total. The van der Waals surface area contributed by atoms with Gasteiger partial charge in [-0.25, -0.2) is 0 Å². The lowest BCUT2D eigenvalue weighted by Gasteiger charge is -2.19. The Bertz CT molecular complexity index is 738. The first-order chi connectivity index (χ1) is 12.0. The fourth-order valence-corrected chi connectivity index (χ4v) is 3.78. The van der Waals surface area contributed by atoms with E-state index in [0.717, 1.165) is 0 Å². The highest BCUT2D eigenvalue weighted by Gasteiger charge is 2.48. The third-order valence-corrected chi connectivity index (χ3v) is 5.30. The van der Waals surface area contributed by atoms with Crippen molar-refractivity contribution in [3.63, 3.8) is 0 Å². The van der Waals surface area contributed by atoms with Crippen molar-refractivity contribution >= 4 is 35.0 Å². The third kappa shape index (κ3) is 3.09. The molecule has 3 rings (SSSR count). The van der Waals surface area contributed by atoms with Crippen LogP contribution in [0.2, 0.25) is 0 Å².